The first-order valence-corrected chi connectivity index (χ1v) is 6.86. The molecule has 4 N–H and O–H groups in total. The molecule has 18 heavy (non-hydrogen) atoms. The molecular weight excluding hydrogens is 246 g/mol. The third-order valence-corrected chi connectivity index (χ3v) is 3.50. The molecule has 0 fully saturated rings. The third-order valence-electron chi connectivity index (χ3n) is 2.95. The number of rotatable bonds is 9. The van der Waals surface area contributed by atoms with Crippen LogP contribution in [0.25, 0.3) is 0 Å². The maximum absolute atomic E-state index is 11.0. The van der Waals surface area contributed by atoms with Gasteiger partial charge in [0.05, 0.1) is 11.5 Å². The molecule has 0 unspecified atom stereocenters. The first kappa shape index (κ1) is 17.3. The van der Waals surface area contributed by atoms with Crippen LogP contribution in [-0.2, 0) is 4.79 Å². The number of thiocarbonyl (C=S) groups is 1. The number of nitrogens with zero attached hydrogens (tertiary/aromatic N) is 1. The number of carbonyl (C=O) groups excluding carboxylic acids is 1. The van der Waals surface area contributed by atoms with E-state index in [1.54, 1.807) is 0 Å². The van der Waals surface area contributed by atoms with Gasteiger partial charge in [-0.15, -0.1) is 0 Å². The van der Waals surface area contributed by atoms with E-state index in [0.29, 0.717) is 17.5 Å². The Hall–Kier alpha value is -0.680. The minimum Gasteiger partial charge on any atom is -0.393 e. The summed E-state index contributed by atoms with van der Waals surface area (Å²) in [4.78, 5) is 13.6. The highest BCUT2D eigenvalue weighted by Gasteiger charge is 2.21. The van der Waals surface area contributed by atoms with Gasteiger partial charge in [-0.05, 0) is 25.3 Å². The van der Waals surface area contributed by atoms with Crippen molar-refractivity contribution in [2.45, 2.75) is 40.5 Å². The fraction of sp³-hybridized carbons (Fsp3) is 0.846. The topological polar surface area (TPSA) is 72.3 Å². The van der Waals surface area contributed by atoms with Gasteiger partial charge in [0.15, 0.2) is 0 Å². The molecule has 0 aromatic heterocycles. The first-order valence-electron chi connectivity index (χ1n) is 6.45. The second-order valence-electron chi connectivity index (χ2n) is 5.95. The summed E-state index contributed by atoms with van der Waals surface area (Å²) in [6, 6.07) is 0. The lowest BCUT2D eigenvalue weighted by molar-refractivity contribution is -0.119. The number of nitrogens with two attached hydrogens (primary N) is 2. The molecule has 0 bridgehead atoms. The average Bonchev–Trinajstić information content (AvgIpc) is 2.14. The van der Waals surface area contributed by atoms with Crippen molar-refractivity contribution in [3.05, 3.63) is 0 Å². The van der Waals surface area contributed by atoms with Crippen LogP contribution in [0.1, 0.15) is 40.5 Å². The zero-order chi connectivity index (χ0) is 14.3. The molecule has 0 spiro atoms. The fourth-order valence-corrected chi connectivity index (χ4v) is 1.94. The van der Waals surface area contributed by atoms with Gasteiger partial charge in [0.1, 0.15) is 0 Å². The molecule has 0 rings (SSSR count). The van der Waals surface area contributed by atoms with Crippen molar-refractivity contribution >= 4 is 23.1 Å². The summed E-state index contributed by atoms with van der Waals surface area (Å²) in [5.74, 6) is 0.247. The number of hydrogen-bond donors (Lipinski definition) is 2. The Morgan fingerprint density at radius 2 is 1.89 bits per heavy atom. The van der Waals surface area contributed by atoms with Crippen LogP contribution in [0.5, 0.6) is 0 Å². The van der Waals surface area contributed by atoms with Crippen LogP contribution < -0.4 is 11.5 Å². The monoisotopic (exact) mass is 273 g/mol. The van der Waals surface area contributed by atoms with Gasteiger partial charge in [-0.1, -0.05) is 39.9 Å². The molecule has 5 heteroatoms. The SMILES string of the molecule is CC(C)CN(CCCC(C)(C)C(N)=S)CC(N)=O. The second-order valence-corrected chi connectivity index (χ2v) is 6.39. The predicted molar refractivity (Wildman–Crippen MR) is 80.3 cm³/mol. The zero-order valence-electron chi connectivity index (χ0n) is 12.0. The van der Waals surface area contributed by atoms with Crippen LogP contribution in [0.2, 0.25) is 0 Å². The molecule has 1 amide bonds. The molecule has 0 atom stereocenters. The van der Waals surface area contributed by atoms with Gasteiger partial charge in [0, 0.05) is 12.0 Å². The molecule has 0 aliphatic carbocycles. The standard InChI is InChI=1S/C13H27N3OS/c1-10(2)8-16(9-11(14)17)7-5-6-13(3,4)12(15)18/h10H,5-9H2,1-4H3,(H2,14,17)(H2,15,18). The van der Waals surface area contributed by atoms with E-state index in [1.165, 1.54) is 0 Å². The highest BCUT2D eigenvalue weighted by atomic mass is 32.1. The summed E-state index contributed by atoms with van der Waals surface area (Å²) < 4.78 is 0. The Morgan fingerprint density at radius 1 is 1.33 bits per heavy atom. The fourth-order valence-electron chi connectivity index (χ4n) is 1.84. The Balaban J connectivity index is 4.18. The van der Waals surface area contributed by atoms with Gasteiger partial charge in [0.25, 0.3) is 0 Å². The van der Waals surface area contributed by atoms with Crippen LogP contribution >= 0.6 is 12.2 Å². The molecule has 4 nitrogen and oxygen atoms in total. The van der Waals surface area contributed by atoms with E-state index in [-0.39, 0.29) is 11.3 Å². The van der Waals surface area contributed by atoms with E-state index >= 15 is 0 Å². The van der Waals surface area contributed by atoms with Gasteiger partial charge in [-0.25, -0.2) is 0 Å². The van der Waals surface area contributed by atoms with Crippen molar-refractivity contribution in [1.29, 1.82) is 0 Å². The molecule has 0 saturated heterocycles. The number of amides is 1. The van der Waals surface area contributed by atoms with Gasteiger partial charge in [-0.2, -0.15) is 0 Å². The molecule has 0 aromatic carbocycles. The van der Waals surface area contributed by atoms with Crippen LogP contribution in [0.3, 0.4) is 0 Å². The van der Waals surface area contributed by atoms with Crippen molar-refractivity contribution in [2.24, 2.45) is 22.8 Å². The molecule has 0 aliphatic rings. The van der Waals surface area contributed by atoms with Crippen molar-refractivity contribution < 1.29 is 4.79 Å². The molecule has 106 valence electrons. The second kappa shape index (κ2) is 7.69. The minimum absolute atomic E-state index is 0.119. The summed E-state index contributed by atoms with van der Waals surface area (Å²) in [6.07, 6.45) is 1.89. The van der Waals surface area contributed by atoms with Crippen molar-refractivity contribution in [3.8, 4) is 0 Å². The van der Waals surface area contributed by atoms with Crippen LogP contribution in [0.15, 0.2) is 0 Å². The zero-order valence-corrected chi connectivity index (χ0v) is 12.8. The Kier molecular flexibility index (Phi) is 7.40. The summed E-state index contributed by atoms with van der Waals surface area (Å²) >= 11 is 5.04. The first-order chi connectivity index (χ1) is 8.15. The van der Waals surface area contributed by atoms with Gasteiger partial charge in [0.2, 0.25) is 5.91 Å². The Labute approximate surface area is 116 Å². The summed E-state index contributed by atoms with van der Waals surface area (Å²) in [6.45, 7) is 10.4. The highest BCUT2D eigenvalue weighted by molar-refractivity contribution is 7.80. The number of primary amides is 1. The van der Waals surface area contributed by atoms with Crippen LogP contribution in [0, 0.1) is 11.3 Å². The summed E-state index contributed by atoms with van der Waals surface area (Å²) in [5, 5.41) is 0. The number of carbonyl (C=O) groups is 1. The van der Waals surface area contributed by atoms with E-state index < -0.39 is 0 Å². The Morgan fingerprint density at radius 3 is 2.28 bits per heavy atom. The van der Waals surface area contributed by atoms with Crippen molar-refractivity contribution in [1.82, 2.24) is 4.90 Å². The van der Waals surface area contributed by atoms with E-state index in [0.717, 1.165) is 25.9 Å². The van der Waals surface area contributed by atoms with Crippen molar-refractivity contribution in [3.63, 3.8) is 0 Å². The molecule has 0 radical (unpaired) electrons. The lowest BCUT2D eigenvalue weighted by Gasteiger charge is -2.26. The molecular formula is C13H27N3OS. The molecule has 0 aliphatic heterocycles. The van der Waals surface area contributed by atoms with Crippen molar-refractivity contribution in [2.75, 3.05) is 19.6 Å². The minimum atomic E-state index is -0.274. The van der Waals surface area contributed by atoms with Gasteiger partial charge < -0.3 is 11.5 Å². The summed E-state index contributed by atoms with van der Waals surface area (Å²) in [5.41, 5.74) is 10.8. The predicted octanol–water partition coefficient (Wildman–Crippen LogP) is 1.52. The quantitative estimate of drug-likeness (QED) is 0.625. The van der Waals surface area contributed by atoms with E-state index in [4.69, 9.17) is 23.7 Å². The largest absolute Gasteiger partial charge is 0.393 e. The van der Waals surface area contributed by atoms with E-state index in [9.17, 15) is 4.79 Å². The number of hydrogen-bond acceptors (Lipinski definition) is 3. The molecule has 0 heterocycles. The molecule has 0 saturated carbocycles. The highest BCUT2D eigenvalue weighted by Crippen LogP contribution is 2.22. The van der Waals surface area contributed by atoms with E-state index in [2.05, 4.69) is 32.6 Å². The lowest BCUT2D eigenvalue weighted by atomic mass is 9.88. The van der Waals surface area contributed by atoms with E-state index in [1.807, 2.05) is 0 Å². The molecule has 0 aromatic rings. The van der Waals surface area contributed by atoms with Gasteiger partial charge in [-0.3, -0.25) is 9.69 Å². The average molecular weight is 273 g/mol. The third kappa shape index (κ3) is 7.61. The normalized spacial score (nSPS) is 12.1. The lowest BCUT2D eigenvalue weighted by Crippen LogP contribution is -2.37. The summed E-state index contributed by atoms with van der Waals surface area (Å²) in [7, 11) is 0. The van der Waals surface area contributed by atoms with Crippen LogP contribution in [0.4, 0.5) is 0 Å². The maximum atomic E-state index is 11.0. The smallest absolute Gasteiger partial charge is 0.231 e. The maximum Gasteiger partial charge on any atom is 0.231 e. The van der Waals surface area contributed by atoms with Crippen LogP contribution in [-0.4, -0.2) is 35.4 Å². The van der Waals surface area contributed by atoms with Gasteiger partial charge >= 0.3 is 0 Å². The Bertz CT molecular complexity index is 290.